The van der Waals surface area contributed by atoms with Gasteiger partial charge in [0.1, 0.15) is 0 Å². The van der Waals surface area contributed by atoms with Gasteiger partial charge in [0.2, 0.25) is 5.91 Å². The van der Waals surface area contributed by atoms with E-state index in [1.54, 1.807) is 6.92 Å². The molecule has 0 aromatic heterocycles. The van der Waals surface area contributed by atoms with Crippen LogP contribution in [-0.2, 0) is 4.79 Å². The normalized spacial score (nSPS) is 11.9. The van der Waals surface area contributed by atoms with E-state index in [0.717, 1.165) is 13.0 Å². The second kappa shape index (κ2) is 12.0. The van der Waals surface area contributed by atoms with Crippen LogP contribution >= 0.6 is 0 Å². The third-order valence-corrected chi connectivity index (χ3v) is 2.95. The smallest absolute Gasteiger partial charge is 0.321 e. The molecule has 0 rings (SSSR count). The van der Waals surface area contributed by atoms with Gasteiger partial charge in [-0.05, 0) is 26.8 Å². The number of rotatable bonds is 10. The monoisotopic (exact) mass is 271 g/mol. The van der Waals surface area contributed by atoms with Crippen molar-refractivity contribution in [3.8, 4) is 0 Å². The minimum absolute atomic E-state index is 0.281. The molecule has 112 valence electrons. The van der Waals surface area contributed by atoms with E-state index in [-0.39, 0.29) is 11.9 Å². The van der Waals surface area contributed by atoms with Gasteiger partial charge in [0.05, 0.1) is 6.04 Å². The molecule has 0 saturated carbocycles. The summed E-state index contributed by atoms with van der Waals surface area (Å²) < 4.78 is 0. The Hall–Kier alpha value is -1.10. The van der Waals surface area contributed by atoms with E-state index in [9.17, 15) is 9.59 Å². The van der Waals surface area contributed by atoms with Gasteiger partial charge in [-0.3, -0.25) is 10.1 Å². The minimum atomic E-state index is -0.430. The third-order valence-electron chi connectivity index (χ3n) is 2.95. The van der Waals surface area contributed by atoms with E-state index in [2.05, 4.69) is 22.9 Å². The molecule has 3 amide bonds. The second-order valence-corrected chi connectivity index (χ2v) is 4.79. The van der Waals surface area contributed by atoms with E-state index in [0.29, 0.717) is 6.54 Å². The van der Waals surface area contributed by atoms with Crippen LogP contribution in [-0.4, -0.2) is 31.1 Å². The van der Waals surface area contributed by atoms with Crippen molar-refractivity contribution in [1.29, 1.82) is 0 Å². The van der Waals surface area contributed by atoms with E-state index in [1.165, 1.54) is 32.1 Å². The van der Waals surface area contributed by atoms with Crippen molar-refractivity contribution in [2.45, 2.75) is 65.3 Å². The molecule has 0 aliphatic carbocycles. The number of urea groups is 1. The van der Waals surface area contributed by atoms with Crippen LogP contribution in [0.1, 0.15) is 59.3 Å². The Balaban J connectivity index is 3.54. The zero-order chi connectivity index (χ0) is 14.5. The molecule has 0 bridgehead atoms. The van der Waals surface area contributed by atoms with Crippen LogP contribution in [0.4, 0.5) is 4.79 Å². The van der Waals surface area contributed by atoms with Crippen molar-refractivity contribution in [1.82, 2.24) is 16.0 Å². The molecule has 5 nitrogen and oxygen atoms in total. The Morgan fingerprint density at radius 3 is 2.26 bits per heavy atom. The maximum Gasteiger partial charge on any atom is 0.321 e. The number of unbranched alkanes of at least 4 members (excludes halogenated alkanes) is 5. The lowest BCUT2D eigenvalue weighted by Gasteiger charge is -2.13. The first-order chi connectivity index (χ1) is 9.11. The van der Waals surface area contributed by atoms with Crippen molar-refractivity contribution in [2.75, 3.05) is 13.1 Å². The van der Waals surface area contributed by atoms with Crippen molar-refractivity contribution in [2.24, 2.45) is 0 Å². The van der Waals surface area contributed by atoms with Crippen LogP contribution in [0.5, 0.6) is 0 Å². The van der Waals surface area contributed by atoms with Crippen LogP contribution in [0.15, 0.2) is 0 Å². The standard InChI is InChI=1S/C14H29N3O2/c1-4-6-7-8-9-10-11-16-12(3)13(18)17-14(19)15-5-2/h12,16H,4-11H2,1-3H3,(H2,15,17,18,19). The molecule has 0 aromatic rings. The largest absolute Gasteiger partial charge is 0.338 e. The van der Waals surface area contributed by atoms with Crippen LogP contribution in [0.3, 0.4) is 0 Å². The fourth-order valence-corrected chi connectivity index (χ4v) is 1.74. The fraction of sp³-hybridized carbons (Fsp3) is 0.857. The summed E-state index contributed by atoms with van der Waals surface area (Å²) >= 11 is 0. The summed E-state index contributed by atoms with van der Waals surface area (Å²) in [5.74, 6) is -0.281. The van der Waals surface area contributed by atoms with Gasteiger partial charge in [-0.2, -0.15) is 0 Å². The number of hydrogen-bond donors (Lipinski definition) is 3. The Kier molecular flexibility index (Phi) is 11.3. The summed E-state index contributed by atoms with van der Waals surface area (Å²) in [6, 6.07) is -0.765. The Morgan fingerprint density at radius 2 is 1.63 bits per heavy atom. The lowest BCUT2D eigenvalue weighted by molar-refractivity contribution is -0.121. The van der Waals surface area contributed by atoms with Crippen LogP contribution in [0.2, 0.25) is 0 Å². The summed E-state index contributed by atoms with van der Waals surface area (Å²) in [6.07, 6.45) is 7.38. The van der Waals surface area contributed by atoms with Gasteiger partial charge in [-0.1, -0.05) is 39.0 Å². The van der Waals surface area contributed by atoms with Gasteiger partial charge in [0.25, 0.3) is 0 Å². The molecular formula is C14H29N3O2. The van der Waals surface area contributed by atoms with Gasteiger partial charge in [-0.15, -0.1) is 0 Å². The van der Waals surface area contributed by atoms with Crippen molar-refractivity contribution >= 4 is 11.9 Å². The van der Waals surface area contributed by atoms with E-state index in [1.807, 2.05) is 6.92 Å². The molecule has 0 aromatic carbocycles. The average molecular weight is 271 g/mol. The third kappa shape index (κ3) is 10.5. The number of imide groups is 1. The predicted octanol–water partition coefficient (Wildman–Crippen LogP) is 2.17. The van der Waals surface area contributed by atoms with E-state index >= 15 is 0 Å². The second-order valence-electron chi connectivity index (χ2n) is 4.79. The molecule has 0 spiro atoms. The zero-order valence-corrected chi connectivity index (χ0v) is 12.6. The lowest BCUT2D eigenvalue weighted by Crippen LogP contribution is -2.48. The first kappa shape index (κ1) is 17.9. The first-order valence-corrected chi connectivity index (χ1v) is 7.43. The predicted molar refractivity (Wildman–Crippen MR) is 78.1 cm³/mol. The van der Waals surface area contributed by atoms with Crippen LogP contribution in [0, 0.1) is 0 Å². The van der Waals surface area contributed by atoms with Gasteiger partial charge in [-0.25, -0.2) is 4.79 Å². The van der Waals surface area contributed by atoms with Gasteiger partial charge in [0.15, 0.2) is 0 Å². The quantitative estimate of drug-likeness (QED) is 0.533. The summed E-state index contributed by atoms with van der Waals surface area (Å²) in [7, 11) is 0. The molecule has 1 unspecified atom stereocenters. The highest BCUT2D eigenvalue weighted by molar-refractivity contribution is 5.96. The molecule has 0 heterocycles. The van der Waals surface area contributed by atoms with Crippen LogP contribution < -0.4 is 16.0 Å². The SMILES string of the molecule is CCCCCCCCNC(C)C(=O)NC(=O)NCC. The van der Waals surface area contributed by atoms with Gasteiger partial charge in [0, 0.05) is 6.54 Å². The first-order valence-electron chi connectivity index (χ1n) is 7.43. The molecule has 0 aliphatic heterocycles. The highest BCUT2D eigenvalue weighted by atomic mass is 16.2. The molecule has 0 fully saturated rings. The van der Waals surface area contributed by atoms with Gasteiger partial charge >= 0.3 is 6.03 Å². The Bertz CT molecular complexity index is 257. The summed E-state index contributed by atoms with van der Waals surface area (Å²) in [6.45, 7) is 7.11. The summed E-state index contributed by atoms with van der Waals surface area (Å²) in [5.41, 5.74) is 0. The molecule has 0 radical (unpaired) electrons. The molecule has 1 atom stereocenters. The summed E-state index contributed by atoms with van der Waals surface area (Å²) in [5, 5.41) is 7.96. The highest BCUT2D eigenvalue weighted by Crippen LogP contribution is 2.04. The molecule has 5 heteroatoms. The number of carbonyl (C=O) groups excluding carboxylic acids is 2. The summed E-state index contributed by atoms with van der Waals surface area (Å²) in [4.78, 5) is 22.8. The van der Waals surface area contributed by atoms with Crippen molar-refractivity contribution in [3.05, 3.63) is 0 Å². The lowest BCUT2D eigenvalue weighted by atomic mass is 10.1. The molecule has 0 saturated heterocycles. The zero-order valence-electron chi connectivity index (χ0n) is 12.6. The molecule has 0 aliphatic rings. The van der Waals surface area contributed by atoms with E-state index < -0.39 is 6.03 Å². The molecule has 19 heavy (non-hydrogen) atoms. The Labute approximate surface area is 116 Å². The van der Waals surface area contributed by atoms with Crippen LogP contribution in [0.25, 0.3) is 0 Å². The number of nitrogens with one attached hydrogen (secondary N) is 3. The average Bonchev–Trinajstić information content (AvgIpc) is 2.37. The molecular weight excluding hydrogens is 242 g/mol. The van der Waals surface area contributed by atoms with Crippen molar-refractivity contribution in [3.63, 3.8) is 0 Å². The van der Waals surface area contributed by atoms with Gasteiger partial charge < -0.3 is 10.6 Å². The highest BCUT2D eigenvalue weighted by Gasteiger charge is 2.14. The number of amides is 3. The van der Waals surface area contributed by atoms with E-state index in [4.69, 9.17) is 0 Å². The maximum absolute atomic E-state index is 11.6. The van der Waals surface area contributed by atoms with Crippen molar-refractivity contribution < 1.29 is 9.59 Å². The minimum Gasteiger partial charge on any atom is -0.338 e. The number of hydrogen-bond acceptors (Lipinski definition) is 3. The topological polar surface area (TPSA) is 70.2 Å². The maximum atomic E-state index is 11.6. The molecule has 3 N–H and O–H groups in total. The number of carbonyl (C=O) groups is 2. The Morgan fingerprint density at radius 1 is 1.00 bits per heavy atom. The fourth-order valence-electron chi connectivity index (χ4n) is 1.74.